The minimum absolute atomic E-state index is 0.228. The molecule has 0 radical (unpaired) electrons. The predicted molar refractivity (Wildman–Crippen MR) is 104 cm³/mol. The summed E-state index contributed by atoms with van der Waals surface area (Å²) in [6.45, 7) is 3.65. The van der Waals surface area contributed by atoms with Crippen molar-refractivity contribution in [1.29, 1.82) is 0 Å². The Morgan fingerprint density at radius 3 is 2.89 bits per heavy atom. The fraction of sp³-hybridized carbons (Fsp3) is 0.300. The first-order valence-corrected chi connectivity index (χ1v) is 9.07. The Labute approximate surface area is 157 Å². The molecule has 3 aromatic rings. The minimum atomic E-state index is -0.228. The largest absolute Gasteiger partial charge is 0.436 e. The van der Waals surface area contributed by atoms with Crippen molar-refractivity contribution in [3.8, 4) is 11.5 Å². The maximum Gasteiger partial charge on any atom is 0.319 e. The van der Waals surface area contributed by atoms with E-state index in [0.29, 0.717) is 24.7 Å². The molecule has 1 saturated heterocycles. The van der Waals surface area contributed by atoms with Crippen LogP contribution in [0, 0.1) is 5.92 Å². The van der Waals surface area contributed by atoms with Gasteiger partial charge in [0.2, 0.25) is 5.89 Å². The third kappa shape index (κ3) is 4.45. The van der Waals surface area contributed by atoms with E-state index >= 15 is 0 Å². The lowest BCUT2D eigenvalue weighted by Crippen LogP contribution is -2.37. The number of rotatable bonds is 4. The number of aromatic nitrogens is 1. The van der Waals surface area contributed by atoms with Crippen LogP contribution < -0.4 is 16.0 Å². The Balaban J connectivity index is 1.33. The van der Waals surface area contributed by atoms with Gasteiger partial charge in [0.05, 0.1) is 13.2 Å². The second kappa shape index (κ2) is 8.20. The average molecular weight is 366 g/mol. The minimum Gasteiger partial charge on any atom is -0.436 e. The van der Waals surface area contributed by atoms with Gasteiger partial charge in [-0.15, -0.1) is 0 Å². The third-order valence-electron chi connectivity index (χ3n) is 4.44. The number of fused-ring (bicyclic) bond motifs is 1. The second-order valence-corrected chi connectivity index (χ2v) is 6.54. The zero-order chi connectivity index (χ0) is 18.5. The standard InChI is InChI=1S/C20H22N4O3/c25-20(22-12-14-11-21-9-10-26-13-14)23-16-7-5-15(6-8-16)19-24-17-3-1-2-4-18(17)27-19/h1-8,14,21H,9-13H2,(H2,22,23,25)/t14-/m1/s1. The van der Waals surface area contributed by atoms with Gasteiger partial charge < -0.3 is 25.1 Å². The van der Waals surface area contributed by atoms with Gasteiger partial charge in [0.15, 0.2) is 5.58 Å². The molecular weight excluding hydrogens is 344 g/mol. The van der Waals surface area contributed by atoms with Crippen LogP contribution >= 0.6 is 0 Å². The average Bonchev–Trinajstić information content (AvgIpc) is 2.95. The molecule has 1 aliphatic heterocycles. The molecule has 0 unspecified atom stereocenters. The van der Waals surface area contributed by atoms with Crippen LogP contribution in [0.4, 0.5) is 10.5 Å². The molecule has 1 aromatic heterocycles. The Morgan fingerprint density at radius 2 is 2.04 bits per heavy atom. The van der Waals surface area contributed by atoms with Crippen LogP contribution in [0.25, 0.3) is 22.6 Å². The monoisotopic (exact) mass is 366 g/mol. The predicted octanol–water partition coefficient (Wildman–Crippen LogP) is 2.85. The summed E-state index contributed by atoms with van der Waals surface area (Å²) >= 11 is 0. The van der Waals surface area contributed by atoms with E-state index in [9.17, 15) is 4.79 Å². The quantitative estimate of drug-likeness (QED) is 0.661. The van der Waals surface area contributed by atoms with Gasteiger partial charge in [-0.3, -0.25) is 0 Å². The maximum atomic E-state index is 12.1. The Bertz CT molecular complexity index is 866. The van der Waals surface area contributed by atoms with Crippen molar-refractivity contribution in [2.24, 2.45) is 5.92 Å². The first kappa shape index (κ1) is 17.5. The fourth-order valence-electron chi connectivity index (χ4n) is 2.99. The van der Waals surface area contributed by atoms with Crippen LogP contribution in [-0.4, -0.2) is 43.9 Å². The van der Waals surface area contributed by atoms with E-state index in [1.165, 1.54) is 0 Å². The van der Waals surface area contributed by atoms with Crippen molar-refractivity contribution >= 4 is 22.8 Å². The van der Waals surface area contributed by atoms with Gasteiger partial charge in [-0.25, -0.2) is 9.78 Å². The molecule has 27 heavy (non-hydrogen) atoms. The normalized spacial score (nSPS) is 17.4. The van der Waals surface area contributed by atoms with Crippen LogP contribution in [0.1, 0.15) is 0 Å². The number of hydrogen-bond acceptors (Lipinski definition) is 5. The van der Waals surface area contributed by atoms with Gasteiger partial charge in [-0.1, -0.05) is 12.1 Å². The summed E-state index contributed by atoms with van der Waals surface area (Å²) in [5, 5.41) is 9.02. The summed E-state index contributed by atoms with van der Waals surface area (Å²) in [6.07, 6.45) is 0. The van der Waals surface area contributed by atoms with Crippen LogP contribution in [0.5, 0.6) is 0 Å². The lowest BCUT2D eigenvalue weighted by atomic mass is 10.1. The summed E-state index contributed by atoms with van der Waals surface area (Å²) in [5.41, 5.74) is 3.15. The Morgan fingerprint density at radius 1 is 1.19 bits per heavy atom. The summed E-state index contributed by atoms with van der Waals surface area (Å²) in [6, 6.07) is 14.8. The number of carbonyl (C=O) groups is 1. The van der Waals surface area contributed by atoms with E-state index in [1.807, 2.05) is 48.5 Å². The first-order chi connectivity index (χ1) is 13.3. The molecule has 1 fully saturated rings. The van der Waals surface area contributed by atoms with E-state index < -0.39 is 0 Å². The number of para-hydroxylation sites is 2. The molecule has 0 aliphatic carbocycles. The molecule has 2 aromatic carbocycles. The highest BCUT2D eigenvalue weighted by atomic mass is 16.5. The van der Waals surface area contributed by atoms with E-state index in [2.05, 4.69) is 20.9 Å². The van der Waals surface area contributed by atoms with Crippen LogP contribution in [-0.2, 0) is 4.74 Å². The highest BCUT2D eigenvalue weighted by molar-refractivity contribution is 5.89. The number of hydrogen-bond donors (Lipinski definition) is 3. The topological polar surface area (TPSA) is 88.4 Å². The van der Waals surface area contributed by atoms with Gasteiger partial charge in [0, 0.05) is 36.8 Å². The smallest absolute Gasteiger partial charge is 0.319 e. The molecule has 1 atom stereocenters. The number of ether oxygens (including phenoxy) is 1. The molecule has 0 spiro atoms. The molecule has 7 heteroatoms. The molecule has 2 amide bonds. The van der Waals surface area contributed by atoms with Gasteiger partial charge in [0.25, 0.3) is 0 Å². The summed E-state index contributed by atoms with van der Waals surface area (Å²) in [5.74, 6) is 0.841. The molecule has 7 nitrogen and oxygen atoms in total. The van der Waals surface area contributed by atoms with Gasteiger partial charge in [-0.05, 0) is 36.4 Å². The van der Waals surface area contributed by atoms with Gasteiger partial charge >= 0.3 is 6.03 Å². The first-order valence-electron chi connectivity index (χ1n) is 9.07. The Hall–Kier alpha value is -2.90. The van der Waals surface area contributed by atoms with Crippen LogP contribution in [0.2, 0.25) is 0 Å². The number of carbonyl (C=O) groups excluding carboxylic acids is 1. The molecule has 1 aliphatic rings. The zero-order valence-electron chi connectivity index (χ0n) is 14.9. The van der Waals surface area contributed by atoms with Crippen molar-refractivity contribution in [1.82, 2.24) is 15.6 Å². The molecule has 0 saturated carbocycles. The third-order valence-corrected chi connectivity index (χ3v) is 4.44. The summed E-state index contributed by atoms with van der Waals surface area (Å²) < 4.78 is 11.2. The number of urea groups is 1. The highest BCUT2D eigenvalue weighted by Crippen LogP contribution is 2.25. The van der Waals surface area contributed by atoms with Crippen LogP contribution in [0.3, 0.4) is 0 Å². The van der Waals surface area contributed by atoms with Crippen molar-refractivity contribution < 1.29 is 13.9 Å². The van der Waals surface area contributed by atoms with E-state index in [1.54, 1.807) is 0 Å². The van der Waals surface area contributed by atoms with Crippen molar-refractivity contribution in [2.45, 2.75) is 0 Å². The van der Waals surface area contributed by atoms with Crippen LogP contribution in [0.15, 0.2) is 52.9 Å². The number of nitrogens with zero attached hydrogens (tertiary/aromatic N) is 1. The number of amides is 2. The summed E-state index contributed by atoms with van der Waals surface area (Å²) in [4.78, 5) is 16.6. The molecule has 4 rings (SSSR count). The van der Waals surface area contributed by atoms with Crippen molar-refractivity contribution in [2.75, 3.05) is 38.2 Å². The van der Waals surface area contributed by atoms with Crippen molar-refractivity contribution in [3.63, 3.8) is 0 Å². The number of benzene rings is 2. The van der Waals surface area contributed by atoms with E-state index in [4.69, 9.17) is 9.15 Å². The highest BCUT2D eigenvalue weighted by Gasteiger charge is 2.13. The molecule has 3 N–H and O–H groups in total. The van der Waals surface area contributed by atoms with Gasteiger partial charge in [0.1, 0.15) is 5.52 Å². The lowest BCUT2D eigenvalue weighted by Gasteiger charge is -2.15. The fourth-order valence-corrected chi connectivity index (χ4v) is 2.99. The number of nitrogens with one attached hydrogen (secondary N) is 3. The molecule has 0 bridgehead atoms. The lowest BCUT2D eigenvalue weighted by molar-refractivity contribution is 0.123. The second-order valence-electron chi connectivity index (χ2n) is 6.54. The van der Waals surface area contributed by atoms with E-state index in [-0.39, 0.29) is 11.9 Å². The molecule has 2 heterocycles. The van der Waals surface area contributed by atoms with Gasteiger partial charge in [-0.2, -0.15) is 0 Å². The zero-order valence-corrected chi connectivity index (χ0v) is 14.9. The number of oxazole rings is 1. The maximum absolute atomic E-state index is 12.1. The van der Waals surface area contributed by atoms with E-state index in [0.717, 1.165) is 36.4 Å². The van der Waals surface area contributed by atoms with Crippen molar-refractivity contribution in [3.05, 3.63) is 48.5 Å². The molecular formula is C20H22N4O3. The SMILES string of the molecule is O=C(NC[C@H]1CNCCOC1)Nc1ccc(-c2nc3ccccc3o2)cc1. The Kier molecular flexibility index (Phi) is 5.32. The molecule has 140 valence electrons. The summed E-state index contributed by atoms with van der Waals surface area (Å²) in [7, 11) is 0. The number of anilines is 1.